The van der Waals surface area contributed by atoms with E-state index in [-0.39, 0.29) is 18.2 Å². The molecule has 0 radical (unpaired) electrons. The van der Waals surface area contributed by atoms with Crippen molar-refractivity contribution in [3.8, 4) is 11.5 Å². The summed E-state index contributed by atoms with van der Waals surface area (Å²) in [5.41, 5.74) is 0.165. The van der Waals surface area contributed by atoms with E-state index in [1.807, 2.05) is 0 Å². The van der Waals surface area contributed by atoms with Gasteiger partial charge in [-0.15, -0.1) is 11.6 Å². The maximum Gasteiger partial charge on any atom is 0.251 e. The van der Waals surface area contributed by atoms with Crippen molar-refractivity contribution in [2.24, 2.45) is 0 Å². The monoisotopic (exact) mass is 297 g/mol. The smallest absolute Gasteiger partial charge is 0.251 e. The van der Waals surface area contributed by atoms with Crippen LogP contribution in [-0.2, 0) is 4.74 Å². The molecule has 0 aliphatic carbocycles. The summed E-state index contributed by atoms with van der Waals surface area (Å²) >= 11 is 6.05. The van der Waals surface area contributed by atoms with Crippen molar-refractivity contribution in [2.75, 3.05) is 25.9 Å². The molecule has 5 nitrogen and oxygen atoms in total. The van der Waals surface area contributed by atoms with Crippen LogP contribution in [0.3, 0.4) is 0 Å². The van der Waals surface area contributed by atoms with Crippen LogP contribution in [0, 0.1) is 0 Å². The van der Waals surface area contributed by atoms with Crippen molar-refractivity contribution < 1.29 is 19.0 Å². The molecule has 0 saturated carbocycles. The Labute approximate surface area is 122 Å². The van der Waals surface area contributed by atoms with E-state index in [4.69, 9.17) is 25.8 Å². The first-order valence-electron chi connectivity index (χ1n) is 6.58. The maximum absolute atomic E-state index is 12.4. The molecule has 1 aromatic carbocycles. The summed E-state index contributed by atoms with van der Waals surface area (Å²) in [5, 5.41) is 3.04. The third-order valence-electron chi connectivity index (χ3n) is 3.72. The molecule has 2 aliphatic heterocycles. The van der Waals surface area contributed by atoms with Gasteiger partial charge in [-0.3, -0.25) is 4.79 Å². The highest BCUT2D eigenvalue weighted by molar-refractivity contribution is 6.19. The maximum atomic E-state index is 12.4. The molecule has 0 unspecified atom stereocenters. The van der Waals surface area contributed by atoms with E-state index >= 15 is 0 Å². The van der Waals surface area contributed by atoms with Gasteiger partial charge in [0.2, 0.25) is 6.79 Å². The van der Waals surface area contributed by atoms with Crippen LogP contribution in [0.5, 0.6) is 11.5 Å². The number of carbonyl (C=O) groups excluding carboxylic acids is 1. The second kappa shape index (κ2) is 5.50. The summed E-state index contributed by atoms with van der Waals surface area (Å²) in [4.78, 5) is 12.4. The van der Waals surface area contributed by atoms with Crippen molar-refractivity contribution in [3.63, 3.8) is 0 Å². The molecule has 108 valence electrons. The van der Waals surface area contributed by atoms with E-state index in [1.54, 1.807) is 18.2 Å². The largest absolute Gasteiger partial charge is 0.454 e. The number of halogens is 1. The van der Waals surface area contributed by atoms with Gasteiger partial charge in [0.1, 0.15) is 0 Å². The average Bonchev–Trinajstić information content (AvgIpc) is 2.95. The van der Waals surface area contributed by atoms with Crippen molar-refractivity contribution in [1.29, 1.82) is 0 Å². The Hall–Kier alpha value is -1.46. The van der Waals surface area contributed by atoms with Crippen molar-refractivity contribution in [1.82, 2.24) is 5.32 Å². The fraction of sp³-hybridized carbons (Fsp3) is 0.500. The zero-order valence-electron chi connectivity index (χ0n) is 11.0. The molecule has 0 atom stereocenters. The summed E-state index contributed by atoms with van der Waals surface area (Å²) in [7, 11) is 0. The number of nitrogens with one attached hydrogen (secondary N) is 1. The molecule has 1 N–H and O–H groups in total. The summed E-state index contributed by atoms with van der Waals surface area (Å²) < 4.78 is 15.8. The fourth-order valence-corrected chi connectivity index (χ4v) is 2.74. The van der Waals surface area contributed by atoms with Crippen molar-refractivity contribution >= 4 is 17.5 Å². The Morgan fingerprint density at radius 3 is 2.75 bits per heavy atom. The van der Waals surface area contributed by atoms with Gasteiger partial charge in [0.15, 0.2) is 11.5 Å². The minimum absolute atomic E-state index is 0.147. The predicted octanol–water partition coefficient (Wildman–Crippen LogP) is 1.93. The van der Waals surface area contributed by atoms with E-state index in [1.165, 1.54) is 0 Å². The third kappa shape index (κ3) is 2.55. The van der Waals surface area contributed by atoms with Crippen LogP contribution in [0.2, 0.25) is 0 Å². The Morgan fingerprint density at radius 2 is 2.00 bits per heavy atom. The van der Waals surface area contributed by atoms with Crippen molar-refractivity contribution in [3.05, 3.63) is 23.8 Å². The molecule has 20 heavy (non-hydrogen) atoms. The number of carbonyl (C=O) groups is 1. The van der Waals surface area contributed by atoms with Gasteiger partial charge in [0.05, 0.1) is 5.54 Å². The minimum atomic E-state index is -0.382. The number of benzene rings is 1. The number of alkyl halides is 1. The molecule has 2 aliphatic rings. The van der Waals surface area contributed by atoms with Crippen LogP contribution in [0.25, 0.3) is 0 Å². The van der Waals surface area contributed by atoms with Gasteiger partial charge in [0, 0.05) is 24.7 Å². The molecule has 3 rings (SSSR count). The average molecular weight is 298 g/mol. The number of fused-ring (bicyclic) bond motifs is 1. The minimum Gasteiger partial charge on any atom is -0.454 e. The number of rotatable bonds is 3. The Morgan fingerprint density at radius 1 is 1.25 bits per heavy atom. The van der Waals surface area contributed by atoms with E-state index in [0.717, 1.165) is 12.8 Å². The van der Waals surface area contributed by atoms with Gasteiger partial charge in [-0.25, -0.2) is 0 Å². The normalized spacial score (nSPS) is 19.6. The first kappa shape index (κ1) is 13.5. The highest BCUT2D eigenvalue weighted by atomic mass is 35.5. The van der Waals surface area contributed by atoms with Gasteiger partial charge in [-0.05, 0) is 31.0 Å². The zero-order valence-corrected chi connectivity index (χ0v) is 11.7. The van der Waals surface area contributed by atoms with Crippen LogP contribution in [-0.4, -0.2) is 37.3 Å². The topological polar surface area (TPSA) is 56.8 Å². The highest BCUT2D eigenvalue weighted by Gasteiger charge is 2.33. The van der Waals surface area contributed by atoms with Crippen LogP contribution >= 0.6 is 11.6 Å². The molecule has 0 bridgehead atoms. The lowest BCUT2D eigenvalue weighted by Crippen LogP contribution is -2.53. The van der Waals surface area contributed by atoms with E-state index in [2.05, 4.69) is 5.32 Å². The van der Waals surface area contributed by atoms with Crippen molar-refractivity contribution in [2.45, 2.75) is 18.4 Å². The molecule has 1 aromatic rings. The fourth-order valence-electron chi connectivity index (χ4n) is 2.40. The number of ether oxygens (including phenoxy) is 3. The second-order valence-electron chi connectivity index (χ2n) is 5.05. The quantitative estimate of drug-likeness (QED) is 0.866. The van der Waals surface area contributed by atoms with Crippen LogP contribution in [0.4, 0.5) is 0 Å². The van der Waals surface area contributed by atoms with Gasteiger partial charge in [-0.1, -0.05) is 0 Å². The van der Waals surface area contributed by atoms with Crippen LogP contribution in [0.1, 0.15) is 23.2 Å². The summed E-state index contributed by atoms with van der Waals surface area (Å²) in [5.74, 6) is 1.50. The lowest BCUT2D eigenvalue weighted by Gasteiger charge is -2.36. The number of hydrogen-bond donors (Lipinski definition) is 1. The lowest BCUT2D eigenvalue weighted by molar-refractivity contribution is 0.0433. The zero-order chi connectivity index (χ0) is 14.0. The lowest BCUT2D eigenvalue weighted by atomic mass is 9.92. The standard InChI is InChI=1S/C14H16ClNO4/c15-8-14(3-5-18-6-4-14)16-13(17)10-1-2-11-12(7-10)20-9-19-11/h1-2,7H,3-6,8-9H2,(H,16,17). The van der Waals surface area contributed by atoms with E-state index in [9.17, 15) is 4.79 Å². The third-order valence-corrected chi connectivity index (χ3v) is 4.23. The molecule has 0 spiro atoms. The van der Waals surface area contributed by atoms with Crippen LogP contribution in [0.15, 0.2) is 18.2 Å². The van der Waals surface area contributed by atoms with Gasteiger partial charge in [-0.2, -0.15) is 0 Å². The highest BCUT2D eigenvalue weighted by Crippen LogP contribution is 2.32. The summed E-state index contributed by atoms with van der Waals surface area (Å²) in [6.07, 6.45) is 1.46. The number of amides is 1. The molecule has 0 aromatic heterocycles. The Balaban J connectivity index is 1.75. The summed E-state index contributed by atoms with van der Waals surface area (Å²) in [6, 6.07) is 5.16. The van der Waals surface area contributed by atoms with E-state index < -0.39 is 0 Å². The SMILES string of the molecule is O=C(NC1(CCl)CCOCC1)c1ccc2c(c1)OCO2. The Kier molecular flexibility index (Phi) is 3.72. The molecular formula is C14H16ClNO4. The molecule has 1 fully saturated rings. The predicted molar refractivity (Wildman–Crippen MR) is 73.5 cm³/mol. The molecular weight excluding hydrogens is 282 g/mol. The van der Waals surface area contributed by atoms with Gasteiger partial charge in [0.25, 0.3) is 5.91 Å². The van der Waals surface area contributed by atoms with Gasteiger partial charge < -0.3 is 19.5 Å². The second-order valence-corrected chi connectivity index (χ2v) is 5.32. The van der Waals surface area contributed by atoms with E-state index in [0.29, 0.717) is 36.2 Å². The number of hydrogen-bond acceptors (Lipinski definition) is 4. The summed E-state index contributed by atoms with van der Waals surface area (Å²) in [6.45, 7) is 1.44. The molecule has 1 saturated heterocycles. The first-order valence-corrected chi connectivity index (χ1v) is 7.12. The van der Waals surface area contributed by atoms with Gasteiger partial charge >= 0.3 is 0 Å². The Bertz CT molecular complexity index is 514. The van der Waals surface area contributed by atoms with Crippen LogP contribution < -0.4 is 14.8 Å². The molecule has 6 heteroatoms. The molecule has 2 heterocycles. The molecule has 1 amide bonds. The first-order chi connectivity index (χ1) is 9.72.